The summed E-state index contributed by atoms with van der Waals surface area (Å²) in [7, 11) is 1.58. The maximum absolute atomic E-state index is 11.9. The molecule has 0 radical (unpaired) electrons. The van der Waals surface area contributed by atoms with Crippen LogP contribution in [0.5, 0.6) is 0 Å². The van der Waals surface area contributed by atoms with E-state index in [-0.39, 0.29) is 5.97 Å². The van der Waals surface area contributed by atoms with Crippen molar-refractivity contribution in [3.8, 4) is 0 Å². The molecule has 0 fully saturated rings. The average Bonchev–Trinajstić information content (AvgIpc) is 2.83. The van der Waals surface area contributed by atoms with E-state index in [0.717, 1.165) is 49.7 Å². The van der Waals surface area contributed by atoms with E-state index in [1.54, 1.807) is 7.11 Å². The zero-order chi connectivity index (χ0) is 16.8. The second-order valence-corrected chi connectivity index (χ2v) is 6.63. The van der Waals surface area contributed by atoms with Crippen LogP contribution in [0.3, 0.4) is 0 Å². The minimum Gasteiger partial charge on any atom is -0.428 e. The molecule has 1 aliphatic carbocycles. The van der Waals surface area contributed by atoms with Crippen molar-refractivity contribution in [1.29, 1.82) is 0 Å². The van der Waals surface area contributed by atoms with Gasteiger partial charge in [-0.2, -0.15) is 0 Å². The van der Waals surface area contributed by atoms with Gasteiger partial charge in [0.1, 0.15) is 0 Å². The number of ether oxygens (including phenoxy) is 2. The fourth-order valence-electron chi connectivity index (χ4n) is 3.05. The first-order chi connectivity index (χ1) is 11.0. The highest BCUT2D eigenvalue weighted by atomic mass is 16.7. The standard InChI is InChI=1S/C20H28O3/c1-14(2)7-5-8-15(3)9-6-10-16-11-12-17-18(13-16)19(21)23-20(17)22-4/h7,9,11,20H,5-6,8,10,12-13H2,1-4H3/b15-9+. The Morgan fingerprint density at radius 3 is 2.78 bits per heavy atom. The molecule has 1 heterocycles. The molecule has 0 N–H and O–H groups in total. The molecule has 1 atom stereocenters. The third-order valence-corrected chi connectivity index (χ3v) is 4.41. The molecule has 0 saturated carbocycles. The van der Waals surface area contributed by atoms with E-state index in [4.69, 9.17) is 9.47 Å². The van der Waals surface area contributed by atoms with Crippen LogP contribution >= 0.6 is 0 Å². The number of carbonyl (C=O) groups excluding carboxylic acids is 1. The predicted octanol–water partition coefficient (Wildman–Crippen LogP) is 5.01. The second kappa shape index (κ2) is 8.30. The molecule has 3 heteroatoms. The zero-order valence-corrected chi connectivity index (χ0v) is 14.8. The van der Waals surface area contributed by atoms with Gasteiger partial charge in [-0.15, -0.1) is 0 Å². The molecular formula is C20H28O3. The van der Waals surface area contributed by atoms with Crippen LogP contribution in [0.1, 0.15) is 59.3 Å². The lowest BCUT2D eigenvalue weighted by Crippen LogP contribution is -2.13. The summed E-state index contributed by atoms with van der Waals surface area (Å²) in [6, 6.07) is 0. The number of hydrogen-bond donors (Lipinski definition) is 0. The van der Waals surface area contributed by atoms with E-state index in [0.29, 0.717) is 0 Å². The van der Waals surface area contributed by atoms with Gasteiger partial charge < -0.3 is 9.47 Å². The Kier molecular flexibility index (Phi) is 6.40. The first-order valence-corrected chi connectivity index (χ1v) is 8.44. The second-order valence-electron chi connectivity index (χ2n) is 6.63. The molecule has 0 saturated heterocycles. The molecule has 2 rings (SSSR count). The molecule has 2 aliphatic rings. The Hall–Kier alpha value is -1.61. The molecule has 0 spiro atoms. The van der Waals surface area contributed by atoms with E-state index in [1.807, 2.05) is 0 Å². The molecule has 23 heavy (non-hydrogen) atoms. The van der Waals surface area contributed by atoms with Crippen molar-refractivity contribution in [2.75, 3.05) is 7.11 Å². The number of hydrogen-bond acceptors (Lipinski definition) is 3. The minimum absolute atomic E-state index is 0.203. The number of carbonyl (C=O) groups is 1. The van der Waals surface area contributed by atoms with E-state index in [2.05, 4.69) is 39.0 Å². The van der Waals surface area contributed by atoms with Gasteiger partial charge in [0.05, 0.1) is 0 Å². The van der Waals surface area contributed by atoms with Crippen molar-refractivity contribution in [3.63, 3.8) is 0 Å². The predicted molar refractivity (Wildman–Crippen MR) is 92.9 cm³/mol. The van der Waals surface area contributed by atoms with Gasteiger partial charge >= 0.3 is 5.97 Å². The number of methoxy groups -OCH3 is 1. The van der Waals surface area contributed by atoms with Gasteiger partial charge in [0.2, 0.25) is 6.29 Å². The van der Waals surface area contributed by atoms with Crippen LogP contribution in [-0.4, -0.2) is 19.4 Å². The maximum Gasteiger partial charge on any atom is 0.337 e. The lowest BCUT2D eigenvalue weighted by atomic mass is 9.90. The smallest absolute Gasteiger partial charge is 0.337 e. The lowest BCUT2D eigenvalue weighted by Gasteiger charge is -2.15. The first-order valence-electron chi connectivity index (χ1n) is 8.44. The number of cyclic esters (lactones) is 1. The monoisotopic (exact) mass is 316 g/mol. The van der Waals surface area contributed by atoms with Crippen LogP contribution < -0.4 is 0 Å². The van der Waals surface area contributed by atoms with Gasteiger partial charge in [-0.05, 0) is 52.9 Å². The minimum atomic E-state index is -0.465. The topological polar surface area (TPSA) is 35.5 Å². The number of allylic oxidation sites excluding steroid dienone is 6. The van der Waals surface area contributed by atoms with Crippen molar-refractivity contribution in [3.05, 3.63) is 46.1 Å². The molecule has 0 aromatic carbocycles. The first kappa shape index (κ1) is 17.7. The van der Waals surface area contributed by atoms with Crippen molar-refractivity contribution in [1.82, 2.24) is 0 Å². The summed E-state index contributed by atoms with van der Waals surface area (Å²) in [6.07, 6.45) is 12.2. The third-order valence-electron chi connectivity index (χ3n) is 4.41. The van der Waals surface area contributed by atoms with Crippen LogP contribution in [-0.2, 0) is 14.3 Å². The van der Waals surface area contributed by atoms with Gasteiger partial charge in [0.25, 0.3) is 0 Å². The summed E-state index contributed by atoms with van der Waals surface area (Å²) in [5.74, 6) is -0.203. The molecule has 0 aromatic heterocycles. The Morgan fingerprint density at radius 1 is 1.30 bits per heavy atom. The van der Waals surface area contributed by atoms with Crippen molar-refractivity contribution in [2.24, 2.45) is 0 Å². The van der Waals surface area contributed by atoms with Gasteiger partial charge in [-0.25, -0.2) is 4.79 Å². The Balaban J connectivity index is 1.80. The fraction of sp³-hybridized carbons (Fsp3) is 0.550. The summed E-state index contributed by atoms with van der Waals surface area (Å²) in [5, 5.41) is 0. The van der Waals surface area contributed by atoms with Gasteiger partial charge in [-0.3, -0.25) is 0 Å². The lowest BCUT2D eigenvalue weighted by molar-refractivity contribution is -0.156. The van der Waals surface area contributed by atoms with Gasteiger partial charge in [0, 0.05) is 24.7 Å². The molecule has 126 valence electrons. The van der Waals surface area contributed by atoms with Crippen molar-refractivity contribution < 1.29 is 14.3 Å². The molecule has 0 amide bonds. The highest BCUT2D eigenvalue weighted by molar-refractivity contribution is 5.93. The van der Waals surface area contributed by atoms with Crippen LogP contribution in [0.25, 0.3) is 0 Å². The fourth-order valence-corrected chi connectivity index (χ4v) is 3.05. The number of rotatable bonds is 7. The molecular weight excluding hydrogens is 288 g/mol. The normalized spacial score (nSPS) is 21.0. The number of esters is 1. The SMILES string of the molecule is COC1OC(=O)C2=C1CC=C(CC/C=C(\C)CCC=C(C)C)C2. The summed E-state index contributed by atoms with van der Waals surface area (Å²) >= 11 is 0. The van der Waals surface area contributed by atoms with E-state index < -0.39 is 6.29 Å². The highest BCUT2D eigenvalue weighted by Gasteiger charge is 2.35. The van der Waals surface area contributed by atoms with Crippen LogP contribution in [0, 0.1) is 0 Å². The Labute approximate surface area is 139 Å². The maximum atomic E-state index is 11.9. The summed E-state index contributed by atoms with van der Waals surface area (Å²) in [4.78, 5) is 11.9. The summed E-state index contributed by atoms with van der Waals surface area (Å²) < 4.78 is 10.4. The summed E-state index contributed by atoms with van der Waals surface area (Å²) in [6.45, 7) is 6.48. The largest absolute Gasteiger partial charge is 0.428 e. The highest BCUT2D eigenvalue weighted by Crippen LogP contribution is 2.35. The van der Waals surface area contributed by atoms with Gasteiger partial charge in [0.15, 0.2) is 0 Å². The van der Waals surface area contributed by atoms with Crippen LogP contribution in [0.4, 0.5) is 0 Å². The summed E-state index contributed by atoms with van der Waals surface area (Å²) in [5.41, 5.74) is 5.99. The molecule has 0 bridgehead atoms. The van der Waals surface area contributed by atoms with E-state index in [9.17, 15) is 4.79 Å². The zero-order valence-electron chi connectivity index (χ0n) is 14.8. The Morgan fingerprint density at radius 2 is 2.09 bits per heavy atom. The van der Waals surface area contributed by atoms with Crippen molar-refractivity contribution >= 4 is 5.97 Å². The van der Waals surface area contributed by atoms with Crippen LogP contribution in [0.2, 0.25) is 0 Å². The van der Waals surface area contributed by atoms with E-state index in [1.165, 1.54) is 16.7 Å². The van der Waals surface area contributed by atoms with E-state index >= 15 is 0 Å². The third kappa shape index (κ3) is 4.93. The van der Waals surface area contributed by atoms with Crippen LogP contribution in [0.15, 0.2) is 46.1 Å². The molecule has 1 unspecified atom stereocenters. The average molecular weight is 316 g/mol. The molecule has 0 aromatic rings. The quantitative estimate of drug-likeness (QED) is 0.489. The molecule has 1 aliphatic heterocycles. The Bertz CT molecular complexity index is 572. The van der Waals surface area contributed by atoms with Crippen molar-refractivity contribution in [2.45, 2.75) is 65.6 Å². The molecule has 3 nitrogen and oxygen atoms in total. The van der Waals surface area contributed by atoms with Gasteiger partial charge in [-0.1, -0.05) is 34.9 Å².